The van der Waals surface area contributed by atoms with Crippen molar-refractivity contribution in [1.82, 2.24) is 10.6 Å². The van der Waals surface area contributed by atoms with Crippen molar-refractivity contribution in [3.8, 4) is 0 Å². The van der Waals surface area contributed by atoms with Gasteiger partial charge in [-0.25, -0.2) is 14.4 Å². The Morgan fingerprint density at radius 2 is 0.541 bits per heavy atom. The van der Waals surface area contributed by atoms with Crippen molar-refractivity contribution < 1.29 is 214 Å². The minimum absolute atomic E-state index is 0.00769. The van der Waals surface area contributed by atoms with Gasteiger partial charge in [0, 0.05) is 112 Å². The van der Waals surface area contributed by atoms with Crippen LogP contribution < -0.4 is 68.0 Å². The topological polar surface area (TPSA) is 1040 Å². The SMILES string of the molecule is CC(=O)C(=O)C(=O)CCCC(N)C(=O)O.CC(=O)C(=O)CCC(N)C(=O)O.CC(=O)C(=O)NCC(N)C(=O)O.CC(=O)C(=O)NCCCC(N)C(=O)O.CC(=O)C(=O)OCC(N)C(=O)O.CC(=O)C(=O)OCCCC(N)C(=O)O.CC(=O)C(=O)OCCCCC(N)C(=O)O.CC(=O)C(=O)SCC(N)C(=O)O.CC(=O)C(=O)SCCCC(N)C(=O)O.CC(=O)C(=O)SCCCCC(N)C(=O)O. The fraction of sp³-hybridized carbons (Fsp3) is 0.592. The third-order valence-corrected chi connectivity index (χ3v) is 17.6. The van der Waals surface area contributed by atoms with Gasteiger partial charge < -0.3 is 133 Å². The van der Waals surface area contributed by atoms with Crippen LogP contribution in [0.2, 0.25) is 0 Å². The normalized spacial score (nSPS) is 12.0. The monoisotopic (exact) mass is 2000 g/mol. The molecular weight excluding hydrogens is 1880 g/mol. The van der Waals surface area contributed by atoms with Crippen LogP contribution >= 0.6 is 35.3 Å². The van der Waals surface area contributed by atoms with Crippen molar-refractivity contribution in [3.63, 3.8) is 0 Å². The molecule has 0 aliphatic heterocycles. The van der Waals surface area contributed by atoms with Crippen LogP contribution in [-0.2, 0) is 163 Å². The molecule has 10 atom stereocenters. The van der Waals surface area contributed by atoms with Crippen LogP contribution in [0.25, 0.3) is 0 Å². The number of amides is 2. The molecule has 32 N–H and O–H groups in total. The number of carbonyl (C=O) groups is 31. The number of thioether (sulfide) groups is 3. The van der Waals surface area contributed by atoms with Gasteiger partial charge >= 0.3 is 77.6 Å². The van der Waals surface area contributed by atoms with Gasteiger partial charge in [-0.15, -0.1) is 0 Å². The number of Topliss-reactive ketones (excluding diaryl/α,β-unsaturated/α-hetero) is 13. The Morgan fingerprint density at radius 1 is 0.252 bits per heavy atom. The van der Waals surface area contributed by atoms with Crippen molar-refractivity contribution >= 4 is 215 Å². The van der Waals surface area contributed by atoms with Gasteiger partial charge in [-0.2, -0.15) is 0 Å². The van der Waals surface area contributed by atoms with Crippen molar-refractivity contribution in [1.29, 1.82) is 0 Å². The average Bonchev–Trinajstić information content (AvgIpc) is 0.934. The first kappa shape index (κ1) is 143. The van der Waals surface area contributed by atoms with E-state index in [0.717, 1.165) is 78.9 Å². The lowest BCUT2D eigenvalue weighted by molar-refractivity contribution is -0.155. The predicted molar refractivity (Wildman–Crippen MR) is 468 cm³/mol. The van der Waals surface area contributed by atoms with E-state index < -0.39 is 247 Å². The molecule has 0 aliphatic rings. The van der Waals surface area contributed by atoms with Crippen LogP contribution in [0.3, 0.4) is 0 Å². The van der Waals surface area contributed by atoms with E-state index in [9.17, 15) is 149 Å². The number of carboxylic acid groups (broad SMARTS) is 10. The number of esters is 3. The summed E-state index contributed by atoms with van der Waals surface area (Å²) < 4.78 is 13.3. The molecule has 0 saturated carbocycles. The van der Waals surface area contributed by atoms with Gasteiger partial charge in [-0.1, -0.05) is 41.7 Å². The molecule has 0 aliphatic carbocycles. The van der Waals surface area contributed by atoms with Gasteiger partial charge in [0.05, 0.1) is 13.2 Å². The Hall–Kier alpha value is -12.6. The molecule has 10 unspecified atom stereocenters. The van der Waals surface area contributed by atoms with E-state index >= 15 is 0 Å². The minimum Gasteiger partial charge on any atom is -0.480 e. The number of hydrogen-bond acceptors (Lipinski definition) is 47. The van der Waals surface area contributed by atoms with E-state index in [-0.39, 0.29) is 77.0 Å². The summed E-state index contributed by atoms with van der Waals surface area (Å²) in [5.41, 5.74) is 51.5. The number of unbranched alkanes of at least 4 members (excludes halogenated alkanes) is 2. The fourth-order valence-corrected chi connectivity index (χ4v) is 8.58. The first-order valence-corrected chi connectivity index (χ1v) is 41.9. The molecule has 0 rings (SSSR count). The lowest BCUT2D eigenvalue weighted by atomic mass is 10.0. The van der Waals surface area contributed by atoms with Gasteiger partial charge in [0.25, 0.3) is 32.9 Å². The van der Waals surface area contributed by atoms with E-state index in [1.807, 2.05) is 0 Å². The van der Waals surface area contributed by atoms with Crippen LogP contribution in [0.1, 0.15) is 178 Å². The Labute approximate surface area is 782 Å². The highest BCUT2D eigenvalue weighted by atomic mass is 32.2. The molecule has 0 saturated heterocycles. The summed E-state index contributed by atoms with van der Waals surface area (Å²) in [6.07, 6.45) is 5.22. The van der Waals surface area contributed by atoms with E-state index in [2.05, 4.69) is 24.8 Å². The summed E-state index contributed by atoms with van der Waals surface area (Å²) in [5.74, 6) is -23.4. The van der Waals surface area contributed by atoms with E-state index in [0.29, 0.717) is 87.5 Å². The highest BCUT2D eigenvalue weighted by Gasteiger charge is 2.24. The Kier molecular flexibility index (Phi) is 90.5. The number of hydrogen-bond donors (Lipinski definition) is 22. The lowest BCUT2D eigenvalue weighted by Crippen LogP contribution is -2.43. The zero-order valence-electron chi connectivity index (χ0n) is 75.3. The average molecular weight is 2000 g/mol. The molecule has 0 aromatic carbocycles. The van der Waals surface area contributed by atoms with Crippen LogP contribution in [0, 0.1) is 0 Å². The molecule has 0 spiro atoms. The van der Waals surface area contributed by atoms with Gasteiger partial charge in [0.1, 0.15) is 67.0 Å². The number of rotatable bonds is 56. The minimum atomic E-state index is -1.29. The van der Waals surface area contributed by atoms with Gasteiger partial charge in [-0.05, 0) is 89.9 Å². The molecule has 0 heterocycles. The van der Waals surface area contributed by atoms with Crippen LogP contribution in [0.5, 0.6) is 0 Å². The largest absolute Gasteiger partial charge is 0.480 e. The second kappa shape index (κ2) is 85.6. The fourth-order valence-electron chi connectivity index (χ4n) is 6.46. The molecule has 0 radical (unpaired) electrons. The number of ether oxygens (including phenoxy) is 3. The van der Waals surface area contributed by atoms with Gasteiger partial charge in [-0.3, -0.25) is 134 Å². The molecule has 0 fully saturated rings. The Bertz CT molecular complexity index is 3680. The third kappa shape index (κ3) is 95.8. The molecule has 0 aromatic heterocycles. The Morgan fingerprint density at radius 3 is 0.867 bits per heavy atom. The third-order valence-electron chi connectivity index (χ3n) is 14.4. The summed E-state index contributed by atoms with van der Waals surface area (Å²) in [5, 5.41) is 86.5. The molecule has 0 aromatic rings. The van der Waals surface area contributed by atoms with Gasteiger partial charge in [0.15, 0.2) is 11.6 Å². The summed E-state index contributed by atoms with van der Waals surface area (Å²) in [7, 11) is 0. The quantitative estimate of drug-likeness (QED) is 0.00884. The molecule has 59 heteroatoms. The molecule has 56 nitrogen and oxygen atoms in total. The smallest absolute Gasteiger partial charge is 0.374 e. The van der Waals surface area contributed by atoms with Gasteiger partial charge in [0.2, 0.25) is 57.8 Å². The number of carbonyl (C=O) groups excluding carboxylic acids is 21. The summed E-state index contributed by atoms with van der Waals surface area (Å²) >= 11 is 2.50. The highest BCUT2D eigenvalue weighted by Crippen LogP contribution is 2.11. The number of nitrogens with one attached hydrogen (secondary N) is 2. The molecular formula is C76H122N12O44S3. The van der Waals surface area contributed by atoms with E-state index in [4.69, 9.17) is 108 Å². The number of carboxylic acids is 10. The zero-order chi connectivity index (χ0) is 108. The number of aliphatic carboxylic acids is 10. The van der Waals surface area contributed by atoms with E-state index in [1.54, 1.807) is 0 Å². The molecule has 0 bridgehead atoms. The second-order valence-electron chi connectivity index (χ2n) is 26.7. The lowest BCUT2D eigenvalue weighted by Gasteiger charge is -2.06. The van der Waals surface area contributed by atoms with Crippen molar-refractivity contribution in [2.75, 3.05) is 50.2 Å². The molecule has 135 heavy (non-hydrogen) atoms. The Balaban J connectivity index is -0.000000161. The first-order chi connectivity index (χ1) is 61.9. The van der Waals surface area contributed by atoms with Crippen molar-refractivity contribution in [2.24, 2.45) is 57.3 Å². The number of nitrogens with two attached hydrogens (primary N) is 10. The maximum absolute atomic E-state index is 11.0. The molecule has 768 valence electrons. The molecule has 2 amide bonds. The zero-order valence-corrected chi connectivity index (χ0v) is 77.8. The van der Waals surface area contributed by atoms with Crippen molar-refractivity contribution in [3.05, 3.63) is 0 Å². The van der Waals surface area contributed by atoms with Crippen LogP contribution in [-0.4, -0.2) is 342 Å². The second-order valence-corrected chi connectivity index (χ2v) is 29.9. The number of ketones is 13. The highest BCUT2D eigenvalue weighted by molar-refractivity contribution is 8.16. The summed E-state index contributed by atoms with van der Waals surface area (Å²) in [4.78, 5) is 324. The van der Waals surface area contributed by atoms with Crippen LogP contribution in [0.4, 0.5) is 0 Å². The van der Waals surface area contributed by atoms with Crippen LogP contribution in [0.15, 0.2) is 0 Å². The summed E-state index contributed by atoms with van der Waals surface area (Å²) in [6, 6.07) is -10.1. The maximum Gasteiger partial charge on any atom is 0.374 e. The van der Waals surface area contributed by atoms with E-state index in [1.165, 1.54) is 13.8 Å². The summed E-state index contributed by atoms with van der Waals surface area (Å²) in [6.45, 7) is 10.9. The maximum atomic E-state index is 11.0. The standard InChI is InChI=1S/C9H15NO5.C9H13NO5.C9H15NO4S.C8H14N2O4.C8H13NO5.C8H13NO4S.C7H11NO4.C6H10N2O4.C6H9NO5.C6H9NO4S/c1-6(11)9(14)15-5-3-2-4-7(10)8(12)13;1-5(11)8(13)7(12)4-2-3-6(10)9(14)15;1-6(11)9(14)15-5-3-2-4-7(10)8(12)13;1-5(11)7(12)10-4-2-3-6(9)8(13)14;2*1-5(10)8(13)14-4-2-3-6(9)7(11)12;1-4(9)6(10)3-2-5(8)7(11)12;1-3(9)5(10)8-2-4(7)6(11)12;2*1-3(8)6(11)12-2-4(7)5(9)10/h7H,2-5,10H2,1H3,(H,12,13);6H,2-4,10H2,1H3,(H,14,15);7H,2-5,10H2,1H3,(H,12,13);6H,2-4,9H2,1H3,(H,10,12)(H,13,14);2*6H,2-4,9H2,1H3,(H,11,12);5H,2-3,8H2,1H3,(H,11,12);4H,2,7H2,1H3,(H,8,10)(H,11,12);2*4H,2,7H2,1H3,(H,9,10). The van der Waals surface area contributed by atoms with Crippen molar-refractivity contribution in [2.45, 2.75) is 239 Å². The predicted octanol–water partition coefficient (Wildman–Crippen LogP) is -7.15. The first-order valence-electron chi connectivity index (χ1n) is 39.0.